The lowest BCUT2D eigenvalue weighted by Gasteiger charge is -2.02. The van der Waals surface area contributed by atoms with E-state index >= 15 is 0 Å². The van der Waals surface area contributed by atoms with Gasteiger partial charge in [-0.2, -0.15) is 5.26 Å². The summed E-state index contributed by atoms with van der Waals surface area (Å²) < 4.78 is 23.2. The Bertz CT molecular complexity index is 599. The number of sulfone groups is 1. The van der Waals surface area contributed by atoms with Crippen LogP contribution in [-0.4, -0.2) is 20.1 Å². The van der Waals surface area contributed by atoms with E-state index < -0.39 is 15.6 Å². The fourth-order valence-electron chi connectivity index (χ4n) is 1.57. The summed E-state index contributed by atoms with van der Waals surface area (Å²) in [4.78, 5) is 11.2. The van der Waals surface area contributed by atoms with E-state index in [1.165, 1.54) is 12.1 Å². The molecule has 1 aliphatic rings. The number of amides is 1. The van der Waals surface area contributed by atoms with E-state index in [4.69, 9.17) is 5.26 Å². The minimum atomic E-state index is -3.55. The second-order valence-corrected chi connectivity index (χ2v) is 5.45. The lowest BCUT2D eigenvalue weighted by Crippen LogP contribution is -2.05. The highest BCUT2D eigenvalue weighted by atomic mass is 32.2. The average molecular weight is 236 g/mol. The molecule has 1 aliphatic heterocycles. The molecule has 0 bridgehead atoms. The molecule has 0 fully saturated rings. The largest absolute Gasteiger partial charge is 0.326 e. The van der Waals surface area contributed by atoms with Gasteiger partial charge in [-0.05, 0) is 23.8 Å². The lowest BCUT2D eigenvalue weighted by atomic mass is 10.2. The van der Waals surface area contributed by atoms with Gasteiger partial charge in [0.1, 0.15) is 5.75 Å². The molecule has 0 aromatic heterocycles. The van der Waals surface area contributed by atoms with Crippen LogP contribution < -0.4 is 5.32 Å². The maximum Gasteiger partial charge on any atom is 0.228 e. The maximum absolute atomic E-state index is 11.6. The van der Waals surface area contributed by atoms with Gasteiger partial charge in [0, 0.05) is 5.69 Å². The molecule has 0 aliphatic carbocycles. The topological polar surface area (TPSA) is 87.0 Å². The van der Waals surface area contributed by atoms with Crippen molar-refractivity contribution in [1.29, 1.82) is 5.26 Å². The van der Waals surface area contributed by atoms with Crippen LogP contribution in [0.15, 0.2) is 23.1 Å². The summed E-state index contributed by atoms with van der Waals surface area (Å²) in [5.74, 6) is -0.697. The first kappa shape index (κ1) is 10.6. The Morgan fingerprint density at radius 2 is 2.19 bits per heavy atom. The van der Waals surface area contributed by atoms with Crippen molar-refractivity contribution >= 4 is 21.4 Å². The van der Waals surface area contributed by atoms with E-state index in [1.807, 2.05) is 0 Å². The fraction of sp³-hybridized carbons (Fsp3) is 0.200. The van der Waals surface area contributed by atoms with Gasteiger partial charge >= 0.3 is 0 Å². The molecule has 0 radical (unpaired) electrons. The van der Waals surface area contributed by atoms with Crippen LogP contribution in [-0.2, 0) is 21.1 Å². The van der Waals surface area contributed by atoms with Gasteiger partial charge in [0.05, 0.1) is 17.4 Å². The van der Waals surface area contributed by atoms with E-state index in [0.29, 0.717) is 11.3 Å². The molecule has 5 nitrogen and oxygen atoms in total. The number of benzene rings is 1. The van der Waals surface area contributed by atoms with Crippen molar-refractivity contribution in [3.63, 3.8) is 0 Å². The number of fused-ring (bicyclic) bond motifs is 1. The Labute approximate surface area is 92.6 Å². The molecule has 0 atom stereocenters. The average Bonchev–Trinajstić information content (AvgIpc) is 2.56. The van der Waals surface area contributed by atoms with Gasteiger partial charge in [-0.25, -0.2) is 8.42 Å². The van der Waals surface area contributed by atoms with Crippen LogP contribution in [0.1, 0.15) is 5.56 Å². The summed E-state index contributed by atoms with van der Waals surface area (Å²) in [7, 11) is -3.55. The van der Waals surface area contributed by atoms with E-state index in [0.717, 1.165) is 0 Å². The standard InChI is InChI=1S/C10H8N2O3S/c11-3-4-16(14,15)8-1-2-9-7(5-8)6-10(13)12-9/h1-2,5H,4,6H2,(H,12,13). The zero-order valence-electron chi connectivity index (χ0n) is 8.23. The minimum absolute atomic E-state index is 0.0873. The van der Waals surface area contributed by atoms with Gasteiger partial charge in [0.2, 0.25) is 5.91 Å². The third-order valence-corrected chi connectivity index (χ3v) is 3.80. The minimum Gasteiger partial charge on any atom is -0.326 e. The van der Waals surface area contributed by atoms with Crippen molar-refractivity contribution in [1.82, 2.24) is 0 Å². The third kappa shape index (κ3) is 1.77. The molecule has 16 heavy (non-hydrogen) atoms. The van der Waals surface area contributed by atoms with E-state index in [9.17, 15) is 13.2 Å². The van der Waals surface area contributed by atoms with Gasteiger partial charge in [-0.3, -0.25) is 4.79 Å². The zero-order chi connectivity index (χ0) is 11.8. The van der Waals surface area contributed by atoms with Gasteiger partial charge in [0.15, 0.2) is 9.84 Å². The zero-order valence-corrected chi connectivity index (χ0v) is 9.04. The second-order valence-electron chi connectivity index (χ2n) is 3.46. The van der Waals surface area contributed by atoms with Gasteiger partial charge < -0.3 is 5.32 Å². The molecule has 1 amide bonds. The number of nitrogens with zero attached hydrogens (tertiary/aromatic N) is 1. The van der Waals surface area contributed by atoms with E-state index in [-0.39, 0.29) is 17.2 Å². The highest BCUT2D eigenvalue weighted by molar-refractivity contribution is 7.91. The molecule has 82 valence electrons. The van der Waals surface area contributed by atoms with Gasteiger partial charge in [0.25, 0.3) is 0 Å². The Hall–Kier alpha value is -1.87. The molecule has 6 heteroatoms. The summed E-state index contributed by atoms with van der Waals surface area (Å²) in [6.07, 6.45) is 0.186. The Morgan fingerprint density at radius 1 is 1.44 bits per heavy atom. The quantitative estimate of drug-likeness (QED) is 0.809. The van der Waals surface area contributed by atoms with Crippen LogP contribution in [0.25, 0.3) is 0 Å². The molecule has 1 heterocycles. The number of carbonyl (C=O) groups is 1. The third-order valence-electron chi connectivity index (χ3n) is 2.32. The highest BCUT2D eigenvalue weighted by Crippen LogP contribution is 2.26. The van der Waals surface area contributed by atoms with Crippen molar-refractivity contribution in [2.45, 2.75) is 11.3 Å². The molecule has 2 rings (SSSR count). The first-order chi connectivity index (χ1) is 7.53. The highest BCUT2D eigenvalue weighted by Gasteiger charge is 2.21. The molecule has 1 aromatic rings. The maximum atomic E-state index is 11.6. The van der Waals surface area contributed by atoms with Crippen LogP contribution >= 0.6 is 0 Å². The Morgan fingerprint density at radius 3 is 2.88 bits per heavy atom. The molecule has 0 spiro atoms. The van der Waals surface area contributed by atoms with E-state index in [1.54, 1.807) is 12.1 Å². The Kier molecular flexibility index (Phi) is 2.40. The first-order valence-electron chi connectivity index (χ1n) is 4.55. The van der Waals surface area contributed by atoms with Crippen molar-refractivity contribution in [3.8, 4) is 6.07 Å². The van der Waals surface area contributed by atoms with Crippen LogP contribution in [0.2, 0.25) is 0 Å². The number of hydrogen-bond acceptors (Lipinski definition) is 4. The first-order valence-corrected chi connectivity index (χ1v) is 6.20. The molecule has 0 saturated heterocycles. The lowest BCUT2D eigenvalue weighted by molar-refractivity contribution is -0.115. The molecular formula is C10H8N2O3S. The summed E-state index contributed by atoms with van der Waals surface area (Å²) in [6.45, 7) is 0. The molecule has 0 saturated carbocycles. The monoisotopic (exact) mass is 236 g/mol. The summed E-state index contributed by atoms with van der Waals surface area (Å²) in [5.41, 5.74) is 1.30. The number of nitrogens with one attached hydrogen (secondary N) is 1. The van der Waals surface area contributed by atoms with Crippen LogP contribution in [0, 0.1) is 11.3 Å². The fourth-order valence-corrected chi connectivity index (χ4v) is 2.50. The Balaban J connectivity index is 2.45. The number of hydrogen-bond donors (Lipinski definition) is 1. The molecule has 1 aromatic carbocycles. The summed E-state index contributed by atoms with van der Waals surface area (Å²) >= 11 is 0. The second kappa shape index (κ2) is 3.61. The van der Waals surface area contributed by atoms with Crippen molar-refractivity contribution in [3.05, 3.63) is 23.8 Å². The summed E-state index contributed by atoms with van der Waals surface area (Å²) in [5, 5.41) is 11.0. The number of rotatable bonds is 2. The smallest absolute Gasteiger partial charge is 0.228 e. The predicted octanol–water partition coefficient (Wildman–Crippen LogP) is 0.478. The van der Waals surface area contributed by atoms with Gasteiger partial charge in [-0.15, -0.1) is 0 Å². The number of carbonyl (C=O) groups excluding carboxylic acids is 1. The van der Waals surface area contributed by atoms with Gasteiger partial charge in [-0.1, -0.05) is 0 Å². The predicted molar refractivity (Wildman–Crippen MR) is 56.4 cm³/mol. The number of nitriles is 1. The normalized spacial score (nSPS) is 14.1. The molecule has 1 N–H and O–H groups in total. The number of anilines is 1. The van der Waals surface area contributed by atoms with Crippen LogP contribution in [0.5, 0.6) is 0 Å². The molecular weight excluding hydrogens is 228 g/mol. The van der Waals surface area contributed by atoms with Crippen LogP contribution in [0.3, 0.4) is 0 Å². The molecule has 0 unspecified atom stereocenters. The van der Waals surface area contributed by atoms with Crippen LogP contribution in [0.4, 0.5) is 5.69 Å². The van der Waals surface area contributed by atoms with Crippen molar-refractivity contribution < 1.29 is 13.2 Å². The van der Waals surface area contributed by atoms with E-state index in [2.05, 4.69) is 5.32 Å². The van der Waals surface area contributed by atoms with Crippen molar-refractivity contribution in [2.75, 3.05) is 11.1 Å². The SMILES string of the molecule is N#CCS(=O)(=O)c1ccc2c(c1)CC(=O)N2. The van der Waals surface area contributed by atoms with Crippen molar-refractivity contribution in [2.24, 2.45) is 0 Å². The summed E-state index contributed by atoms with van der Waals surface area (Å²) in [6, 6.07) is 6.00.